The second-order valence-electron chi connectivity index (χ2n) is 6.82. The summed E-state index contributed by atoms with van der Waals surface area (Å²) in [5.41, 5.74) is 0.337. The number of rotatable bonds is 2. The van der Waals surface area contributed by atoms with Gasteiger partial charge in [0.2, 0.25) is 5.91 Å². The maximum Gasteiger partial charge on any atom is 0.240 e. The van der Waals surface area contributed by atoms with Crippen molar-refractivity contribution in [1.82, 2.24) is 10.6 Å². The van der Waals surface area contributed by atoms with Crippen molar-refractivity contribution in [3.8, 4) is 5.75 Å². The van der Waals surface area contributed by atoms with E-state index in [9.17, 15) is 9.18 Å². The first kappa shape index (κ1) is 19.0. The van der Waals surface area contributed by atoms with E-state index >= 15 is 0 Å². The summed E-state index contributed by atoms with van der Waals surface area (Å²) in [7, 11) is 0. The fraction of sp³-hybridized carbons (Fsp3) is 0.588. The van der Waals surface area contributed by atoms with E-state index in [0.717, 1.165) is 5.56 Å². The molecule has 1 fully saturated rings. The van der Waals surface area contributed by atoms with E-state index in [1.54, 1.807) is 6.07 Å². The molecule has 2 aliphatic heterocycles. The van der Waals surface area contributed by atoms with Gasteiger partial charge in [0, 0.05) is 24.6 Å². The summed E-state index contributed by atoms with van der Waals surface area (Å²) in [6.07, 6.45) is 0.448. The predicted molar refractivity (Wildman–Crippen MR) is 91.1 cm³/mol. The van der Waals surface area contributed by atoms with Crippen LogP contribution in [-0.2, 0) is 9.53 Å². The summed E-state index contributed by atoms with van der Waals surface area (Å²) >= 11 is 0. The monoisotopic (exact) mass is 358 g/mol. The van der Waals surface area contributed by atoms with Crippen LogP contribution in [0.5, 0.6) is 5.75 Å². The van der Waals surface area contributed by atoms with Gasteiger partial charge in [0.05, 0.1) is 18.8 Å². The number of hydrogen-bond acceptors (Lipinski definition) is 4. The summed E-state index contributed by atoms with van der Waals surface area (Å²) in [6.45, 7) is 7.02. The minimum Gasteiger partial charge on any atom is -0.487 e. The lowest BCUT2D eigenvalue weighted by Crippen LogP contribution is -2.56. The summed E-state index contributed by atoms with van der Waals surface area (Å²) in [4.78, 5) is 12.6. The van der Waals surface area contributed by atoms with Gasteiger partial charge in [0.15, 0.2) is 0 Å². The minimum atomic E-state index is -0.471. The Morgan fingerprint density at radius 3 is 2.88 bits per heavy atom. The first-order valence-electron chi connectivity index (χ1n) is 7.99. The van der Waals surface area contributed by atoms with Gasteiger partial charge in [-0.25, -0.2) is 4.39 Å². The van der Waals surface area contributed by atoms with E-state index in [2.05, 4.69) is 10.6 Å². The Morgan fingerprint density at radius 1 is 1.42 bits per heavy atom. The fourth-order valence-corrected chi connectivity index (χ4v) is 3.24. The topological polar surface area (TPSA) is 59.6 Å². The molecule has 0 saturated carbocycles. The molecule has 5 nitrogen and oxygen atoms in total. The van der Waals surface area contributed by atoms with Crippen LogP contribution in [0, 0.1) is 5.82 Å². The van der Waals surface area contributed by atoms with Gasteiger partial charge in [-0.05, 0) is 26.8 Å². The van der Waals surface area contributed by atoms with E-state index in [1.807, 2.05) is 20.8 Å². The molecule has 1 aromatic carbocycles. The maximum atomic E-state index is 13.5. The van der Waals surface area contributed by atoms with Gasteiger partial charge in [-0.3, -0.25) is 4.79 Å². The molecule has 3 atom stereocenters. The van der Waals surface area contributed by atoms with Gasteiger partial charge in [-0.1, -0.05) is 6.07 Å². The predicted octanol–water partition coefficient (Wildman–Crippen LogP) is 2.34. The molecule has 3 rings (SSSR count). The Hall–Kier alpha value is -1.37. The fourth-order valence-electron chi connectivity index (χ4n) is 3.24. The second kappa shape index (κ2) is 7.25. The lowest BCUT2D eigenvalue weighted by Gasteiger charge is -2.39. The molecule has 1 saturated heterocycles. The van der Waals surface area contributed by atoms with E-state index < -0.39 is 5.60 Å². The van der Waals surface area contributed by atoms with E-state index in [0.29, 0.717) is 25.3 Å². The molecular weight excluding hydrogens is 335 g/mol. The zero-order valence-corrected chi connectivity index (χ0v) is 14.9. The molecule has 2 N–H and O–H groups in total. The third-order valence-electron chi connectivity index (χ3n) is 4.35. The zero-order valence-electron chi connectivity index (χ0n) is 14.1. The van der Waals surface area contributed by atoms with Gasteiger partial charge in [-0.15, -0.1) is 12.4 Å². The third-order valence-corrected chi connectivity index (χ3v) is 4.35. The second-order valence-corrected chi connectivity index (χ2v) is 6.82. The lowest BCUT2D eigenvalue weighted by atomic mass is 9.89. The van der Waals surface area contributed by atoms with Crippen LogP contribution in [0.4, 0.5) is 4.39 Å². The molecule has 1 aromatic rings. The number of amides is 1. The Labute approximate surface area is 147 Å². The normalized spacial score (nSPS) is 28.1. The summed E-state index contributed by atoms with van der Waals surface area (Å²) in [6, 6.07) is 3.86. The zero-order chi connectivity index (χ0) is 16.6. The first-order chi connectivity index (χ1) is 10.9. The quantitative estimate of drug-likeness (QED) is 0.852. The average molecular weight is 359 g/mol. The molecular formula is C17H24ClFN2O3. The number of morpholine rings is 1. The van der Waals surface area contributed by atoms with Crippen LogP contribution in [0.2, 0.25) is 0 Å². The minimum absolute atomic E-state index is 0. The van der Waals surface area contributed by atoms with Gasteiger partial charge in [0.1, 0.15) is 23.2 Å². The van der Waals surface area contributed by atoms with Crippen LogP contribution in [-0.4, -0.2) is 36.8 Å². The van der Waals surface area contributed by atoms with Crippen molar-refractivity contribution in [2.45, 2.75) is 51.0 Å². The van der Waals surface area contributed by atoms with Crippen LogP contribution < -0.4 is 15.4 Å². The summed E-state index contributed by atoms with van der Waals surface area (Å²) in [5, 5.41) is 6.25. The summed E-state index contributed by atoms with van der Waals surface area (Å²) in [5.74, 6) is 0.0464. The number of nitrogens with one attached hydrogen (secondary N) is 2. The molecule has 0 aromatic heterocycles. The Bertz CT molecular complexity index is 611. The Kier molecular flexibility index (Phi) is 5.73. The highest BCUT2D eigenvalue weighted by Gasteiger charge is 2.37. The maximum absolute atomic E-state index is 13.5. The van der Waals surface area contributed by atoms with Crippen molar-refractivity contribution >= 4 is 18.3 Å². The SMILES string of the molecule is C[C@H]1OCCN[C@@H]1C(=O)NC1CC(C)(C)Oc2cc(F)ccc21.Cl. The van der Waals surface area contributed by atoms with E-state index in [1.165, 1.54) is 12.1 Å². The Balaban J connectivity index is 0.00000208. The standard InChI is InChI=1S/C17H23FN2O3.ClH/c1-10-15(19-6-7-22-10)16(21)20-13-9-17(2,3)23-14-8-11(18)4-5-12(13)14;/h4-5,8,10,13,15,19H,6-7,9H2,1-3H3,(H,20,21);1H/t10-,13?,15+;/m1./s1. The number of hydrogen-bond donors (Lipinski definition) is 2. The molecule has 1 unspecified atom stereocenters. The molecule has 0 spiro atoms. The molecule has 0 bridgehead atoms. The number of fused-ring (bicyclic) bond motifs is 1. The van der Waals surface area contributed by atoms with Crippen molar-refractivity contribution < 1.29 is 18.7 Å². The van der Waals surface area contributed by atoms with Crippen molar-refractivity contribution in [2.24, 2.45) is 0 Å². The largest absolute Gasteiger partial charge is 0.487 e. The summed E-state index contributed by atoms with van der Waals surface area (Å²) < 4.78 is 24.9. The molecule has 7 heteroatoms. The van der Waals surface area contributed by atoms with Crippen LogP contribution in [0.25, 0.3) is 0 Å². The van der Waals surface area contributed by atoms with Gasteiger partial charge in [0.25, 0.3) is 0 Å². The van der Waals surface area contributed by atoms with Crippen LogP contribution in [0.1, 0.15) is 38.8 Å². The van der Waals surface area contributed by atoms with Gasteiger partial charge >= 0.3 is 0 Å². The van der Waals surface area contributed by atoms with Crippen molar-refractivity contribution in [3.63, 3.8) is 0 Å². The average Bonchev–Trinajstić information content (AvgIpc) is 2.45. The van der Waals surface area contributed by atoms with E-state index in [-0.39, 0.29) is 42.3 Å². The number of carbonyl (C=O) groups excluding carboxylic acids is 1. The molecule has 2 aliphatic rings. The molecule has 134 valence electrons. The molecule has 0 aliphatic carbocycles. The van der Waals surface area contributed by atoms with Gasteiger partial charge in [-0.2, -0.15) is 0 Å². The molecule has 1 amide bonds. The smallest absolute Gasteiger partial charge is 0.240 e. The van der Waals surface area contributed by atoms with Crippen LogP contribution >= 0.6 is 12.4 Å². The number of carbonyl (C=O) groups is 1. The van der Waals surface area contributed by atoms with Crippen molar-refractivity contribution in [3.05, 3.63) is 29.6 Å². The molecule has 0 radical (unpaired) electrons. The highest BCUT2D eigenvalue weighted by molar-refractivity contribution is 5.85. The highest BCUT2D eigenvalue weighted by Crippen LogP contribution is 2.39. The molecule has 2 heterocycles. The number of halogens is 2. The van der Waals surface area contributed by atoms with Crippen molar-refractivity contribution in [1.29, 1.82) is 0 Å². The highest BCUT2D eigenvalue weighted by atomic mass is 35.5. The number of benzene rings is 1. The lowest BCUT2D eigenvalue weighted by molar-refractivity contribution is -0.130. The number of ether oxygens (including phenoxy) is 2. The molecule has 24 heavy (non-hydrogen) atoms. The third kappa shape index (κ3) is 3.99. The van der Waals surface area contributed by atoms with Crippen LogP contribution in [0.15, 0.2) is 18.2 Å². The van der Waals surface area contributed by atoms with E-state index in [4.69, 9.17) is 9.47 Å². The van der Waals surface area contributed by atoms with Crippen molar-refractivity contribution in [2.75, 3.05) is 13.2 Å². The van der Waals surface area contributed by atoms with Gasteiger partial charge < -0.3 is 20.1 Å². The Morgan fingerprint density at radius 2 is 2.17 bits per heavy atom. The van der Waals surface area contributed by atoms with Crippen LogP contribution in [0.3, 0.4) is 0 Å². The first-order valence-corrected chi connectivity index (χ1v) is 7.99.